The van der Waals surface area contributed by atoms with Gasteiger partial charge in [-0.3, -0.25) is 9.59 Å². The summed E-state index contributed by atoms with van der Waals surface area (Å²) in [7, 11) is 1.64. The van der Waals surface area contributed by atoms with Gasteiger partial charge in [-0.15, -0.1) is 0 Å². The van der Waals surface area contributed by atoms with Crippen molar-refractivity contribution in [2.45, 2.75) is 70.6 Å². The van der Waals surface area contributed by atoms with Crippen LogP contribution in [-0.4, -0.2) is 57.8 Å². The number of halogens is 1. The maximum absolute atomic E-state index is 11.7. The van der Waals surface area contributed by atoms with Crippen LogP contribution in [0.15, 0.2) is 12.2 Å². The minimum atomic E-state index is -0.221. The lowest BCUT2D eigenvalue weighted by Gasteiger charge is -2.06. The van der Waals surface area contributed by atoms with E-state index in [2.05, 4.69) is 5.32 Å². The second-order valence-electron chi connectivity index (χ2n) is 6.99. The molecule has 0 saturated heterocycles. The molecule has 0 aromatic heterocycles. The average Bonchev–Trinajstić information content (AvgIpc) is 2.70. The van der Waals surface area contributed by atoms with Gasteiger partial charge in [-0.2, -0.15) is 0 Å². The lowest BCUT2D eigenvalue weighted by molar-refractivity contribution is -0.116. The van der Waals surface area contributed by atoms with Crippen LogP contribution < -0.4 is 5.32 Å². The Morgan fingerprint density at radius 1 is 0.793 bits per heavy atom. The summed E-state index contributed by atoms with van der Waals surface area (Å²) in [6.45, 7) is 3.20. The van der Waals surface area contributed by atoms with Crippen LogP contribution in [0.4, 0.5) is 0 Å². The molecule has 0 fully saturated rings. The first-order valence-electron chi connectivity index (χ1n) is 10.9. The van der Waals surface area contributed by atoms with E-state index in [0.29, 0.717) is 46.0 Å². The number of allylic oxidation sites excluding steroid dienone is 1. The fourth-order valence-electron chi connectivity index (χ4n) is 2.72. The van der Waals surface area contributed by atoms with Crippen LogP contribution in [0.5, 0.6) is 0 Å². The molecule has 29 heavy (non-hydrogen) atoms. The van der Waals surface area contributed by atoms with E-state index in [4.69, 9.17) is 25.8 Å². The van der Waals surface area contributed by atoms with Crippen LogP contribution in [0.2, 0.25) is 0 Å². The molecule has 6 nitrogen and oxygen atoms in total. The number of amides is 1. The van der Waals surface area contributed by atoms with E-state index >= 15 is 0 Å². The zero-order chi connectivity index (χ0) is 21.4. The van der Waals surface area contributed by atoms with Gasteiger partial charge in [-0.25, -0.2) is 0 Å². The van der Waals surface area contributed by atoms with E-state index in [1.807, 2.05) is 6.08 Å². The van der Waals surface area contributed by atoms with Crippen molar-refractivity contribution in [1.82, 2.24) is 5.32 Å². The Hall–Kier alpha value is -0.950. The number of hydrogen-bond donors (Lipinski definition) is 1. The van der Waals surface area contributed by atoms with Gasteiger partial charge < -0.3 is 19.5 Å². The summed E-state index contributed by atoms with van der Waals surface area (Å²) in [5, 5.41) is 2.58. The van der Waals surface area contributed by atoms with Crippen molar-refractivity contribution >= 4 is 22.8 Å². The number of carbonyl (C=O) groups is 2. The first-order chi connectivity index (χ1) is 14.2. The van der Waals surface area contributed by atoms with Crippen LogP contribution in [0, 0.1) is 0 Å². The standard InChI is InChI=1S/C22H40ClNO5/c1-27-17-18-29-20-19-28-16-15-24-22(26)14-12-10-8-6-4-2-3-5-7-9-11-13-21(23)25/h12,14H,2-11,13,15-20H2,1H3,(H,24,26)/b14-12+. The van der Waals surface area contributed by atoms with Gasteiger partial charge in [0, 0.05) is 20.1 Å². The molecule has 0 aromatic rings. The van der Waals surface area contributed by atoms with Crippen LogP contribution >= 0.6 is 11.6 Å². The van der Waals surface area contributed by atoms with Crippen molar-refractivity contribution < 1.29 is 23.8 Å². The van der Waals surface area contributed by atoms with Gasteiger partial charge >= 0.3 is 0 Å². The third kappa shape index (κ3) is 25.0. The van der Waals surface area contributed by atoms with E-state index in [1.54, 1.807) is 13.2 Å². The molecular formula is C22H40ClNO5. The van der Waals surface area contributed by atoms with Crippen molar-refractivity contribution in [3.05, 3.63) is 12.2 Å². The zero-order valence-electron chi connectivity index (χ0n) is 18.1. The molecule has 0 aromatic carbocycles. The molecule has 0 unspecified atom stereocenters. The van der Waals surface area contributed by atoms with Crippen LogP contribution in [0.3, 0.4) is 0 Å². The summed E-state index contributed by atoms with van der Waals surface area (Å²) in [5.74, 6) is -0.0687. The van der Waals surface area contributed by atoms with Crippen molar-refractivity contribution in [2.75, 3.05) is 46.7 Å². The summed E-state index contributed by atoms with van der Waals surface area (Å²) in [6, 6.07) is 0. The third-order valence-corrected chi connectivity index (χ3v) is 4.55. The smallest absolute Gasteiger partial charge is 0.243 e. The molecule has 1 N–H and O–H groups in total. The van der Waals surface area contributed by atoms with Gasteiger partial charge in [0.2, 0.25) is 11.1 Å². The number of ether oxygens (including phenoxy) is 3. The van der Waals surface area contributed by atoms with Gasteiger partial charge in [0.05, 0.1) is 33.0 Å². The highest BCUT2D eigenvalue weighted by Crippen LogP contribution is 2.11. The molecule has 0 bridgehead atoms. The molecular weight excluding hydrogens is 394 g/mol. The molecule has 0 saturated carbocycles. The molecule has 0 spiro atoms. The maximum Gasteiger partial charge on any atom is 0.243 e. The summed E-state index contributed by atoms with van der Waals surface area (Å²) in [4.78, 5) is 22.3. The highest BCUT2D eigenvalue weighted by Gasteiger charge is 1.97. The van der Waals surface area contributed by atoms with Crippen LogP contribution in [0.25, 0.3) is 0 Å². The third-order valence-electron chi connectivity index (χ3n) is 4.36. The maximum atomic E-state index is 11.7. The molecule has 0 atom stereocenters. The molecule has 1 amide bonds. The van der Waals surface area contributed by atoms with Crippen molar-refractivity contribution in [3.63, 3.8) is 0 Å². The number of methoxy groups -OCH3 is 1. The Balaban J connectivity index is 3.25. The predicted octanol–water partition coefficient (Wildman–Crippen LogP) is 4.39. The number of carbonyl (C=O) groups excluding carboxylic acids is 2. The Kier molecular flexibility index (Phi) is 22.6. The summed E-state index contributed by atoms with van der Waals surface area (Å²) in [5.41, 5.74) is 0. The van der Waals surface area contributed by atoms with Gasteiger partial charge in [0.15, 0.2) is 0 Å². The SMILES string of the molecule is COCCOCCOCCNC(=O)/C=C/CCCCCCCCCCCC(=O)Cl. The molecule has 0 aliphatic heterocycles. The van der Waals surface area contributed by atoms with Gasteiger partial charge in [0.1, 0.15) is 0 Å². The number of hydrogen-bond acceptors (Lipinski definition) is 5. The first kappa shape index (κ1) is 28.1. The van der Waals surface area contributed by atoms with E-state index < -0.39 is 0 Å². The van der Waals surface area contributed by atoms with Crippen molar-refractivity contribution in [2.24, 2.45) is 0 Å². The van der Waals surface area contributed by atoms with E-state index in [9.17, 15) is 9.59 Å². The van der Waals surface area contributed by atoms with Gasteiger partial charge in [-0.05, 0) is 36.9 Å². The minimum absolute atomic E-state index is 0.0687. The lowest BCUT2D eigenvalue weighted by Crippen LogP contribution is -2.26. The predicted molar refractivity (Wildman–Crippen MR) is 117 cm³/mol. The van der Waals surface area contributed by atoms with E-state index in [-0.39, 0.29) is 11.1 Å². The van der Waals surface area contributed by atoms with Crippen molar-refractivity contribution in [1.29, 1.82) is 0 Å². The van der Waals surface area contributed by atoms with E-state index in [0.717, 1.165) is 25.7 Å². The van der Waals surface area contributed by atoms with E-state index in [1.165, 1.54) is 38.5 Å². The van der Waals surface area contributed by atoms with Crippen LogP contribution in [-0.2, 0) is 23.8 Å². The monoisotopic (exact) mass is 433 g/mol. The van der Waals surface area contributed by atoms with Crippen molar-refractivity contribution in [3.8, 4) is 0 Å². The molecule has 0 rings (SSSR count). The second-order valence-corrected chi connectivity index (χ2v) is 7.41. The highest BCUT2D eigenvalue weighted by molar-refractivity contribution is 6.63. The van der Waals surface area contributed by atoms with Crippen LogP contribution in [0.1, 0.15) is 70.6 Å². The largest absolute Gasteiger partial charge is 0.382 e. The fourth-order valence-corrected chi connectivity index (χ4v) is 2.86. The Morgan fingerprint density at radius 2 is 1.34 bits per heavy atom. The number of rotatable bonds is 22. The molecule has 170 valence electrons. The summed E-state index contributed by atoms with van der Waals surface area (Å²) in [6.07, 6.45) is 15.5. The first-order valence-corrected chi connectivity index (χ1v) is 11.3. The Morgan fingerprint density at radius 3 is 1.97 bits per heavy atom. The molecule has 0 aliphatic carbocycles. The molecule has 0 heterocycles. The summed E-state index contributed by atoms with van der Waals surface area (Å²) < 4.78 is 15.5. The normalized spacial score (nSPS) is 11.2. The minimum Gasteiger partial charge on any atom is -0.382 e. The molecule has 7 heteroatoms. The zero-order valence-corrected chi connectivity index (χ0v) is 18.9. The highest BCUT2D eigenvalue weighted by atomic mass is 35.5. The Labute approximate surface area is 181 Å². The fraction of sp³-hybridized carbons (Fsp3) is 0.818. The molecule has 0 aliphatic rings. The topological polar surface area (TPSA) is 73.9 Å². The van der Waals surface area contributed by atoms with Gasteiger partial charge in [-0.1, -0.05) is 51.0 Å². The quantitative estimate of drug-likeness (QED) is 0.156. The Bertz CT molecular complexity index is 418. The number of nitrogens with one attached hydrogen (secondary N) is 1. The average molecular weight is 434 g/mol. The van der Waals surface area contributed by atoms with Gasteiger partial charge in [0.25, 0.3) is 0 Å². The number of unbranched alkanes of at least 4 members (excludes halogenated alkanes) is 9. The summed E-state index contributed by atoms with van der Waals surface area (Å²) >= 11 is 5.31. The molecule has 0 radical (unpaired) electrons. The lowest BCUT2D eigenvalue weighted by atomic mass is 10.1. The second kappa shape index (κ2) is 23.3.